The molecule has 0 aromatic heterocycles. The van der Waals surface area contributed by atoms with Gasteiger partial charge in [-0.05, 0) is 87.0 Å². The molecule has 1 aliphatic rings. The highest BCUT2D eigenvalue weighted by Gasteiger charge is 2.34. The van der Waals surface area contributed by atoms with Gasteiger partial charge in [-0.1, -0.05) is 80.5 Å². The monoisotopic (exact) mass is 556 g/mol. The topological polar surface area (TPSA) is 51.1 Å². The number of anilines is 1. The van der Waals surface area contributed by atoms with Gasteiger partial charge in [0.15, 0.2) is 16.7 Å². The predicted molar refractivity (Wildman–Crippen MR) is 169 cm³/mol. The van der Waals surface area contributed by atoms with E-state index in [-0.39, 0.29) is 5.91 Å². The Hall–Kier alpha value is -3.51. The number of aryl methyl sites for hydroxylation is 2. The number of nitrogens with zero attached hydrogens (tertiary/aromatic N) is 2. The van der Waals surface area contributed by atoms with E-state index in [1.807, 2.05) is 93.6 Å². The summed E-state index contributed by atoms with van der Waals surface area (Å²) in [6, 6.07) is 21.8. The summed E-state index contributed by atoms with van der Waals surface area (Å²) in [6.45, 7) is 9.49. The molecule has 0 radical (unpaired) electrons. The van der Waals surface area contributed by atoms with Gasteiger partial charge in [-0.15, -0.1) is 0 Å². The van der Waals surface area contributed by atoms with E-state index in [2.05, 4.69) is 6.92 Å². The Labute approximate surface area is 243 Å². The van der Waals surface area contributed by atoms with E-state index in [0.29, 0.717) is 29.0 Å². The highest BCUT2D eigenvalue weighted by Crippen LogP contribution is 2.38. The van der Waals surface area contributed by atoms with E-state index in [0.717, 1.165) is 34.7 Å². The maximum atomic E-state index is 13.7. The molecule has 1 amide bonds. The molecule has 1 saturated heterocycles. The Morgan fingerprint density at radius 3 is 2.17 bits per heavy atom. The molecule has 3 aromatic rings. The van der Waals surface area contributed by atoms with Crippen molar-refractivity contribution in [3.05, 3.63) is 88.3 Å². The lowest BCUT2D eigenvalue weighted by molar-refractivity contribution is -0.113. The molecule has 6 heteroatoms. The van der Waals surface area contributed by atoms with Crippen molar-refractivity contribution in [2.75, 3.05) is 18.1 Å². The van der Waals surface area contributed by atoms with E-state index < -0.39 is 0 Å². The molecule has 40 heavy (non-hydrogen) atoms. The van der Waals surface area contributed by atoms with Crippen LogP contribution in [0.15, 0.2) is 76.6 Å². The van der Waals surface area contributed by atoms with E-state index in [1.54, 1.807) is 4.90 Å². The van der Waals surface area contributed by atoms with Gasteiger partial charge in [0.1, 0.15) is 0 Å². The van der Waals surface area contributed by atoms with Crippen molar-refractivity contribution in [2.45, 2.75) is 66.2 Å². The summed E-state index contributed by atoms with van der Waals surface area (Å²) in [5.74, 6) is 1.34. The van der Waals surface area contributed by atoms with Gasteiger partial charge in [0.2, 0.25) is 0 Å². The molecule has 0 N–H and O–H groups in total. The van der Waals surface area contributed by atoms with Crippen molar-refractivity contribution >= 4 is 40.3 Å². The van der Waals surface area contributed by atoms with Crippen LogP contribution in [-0.2, 0) is 4.79 Å². The van der Waals surface area contributed by atoms with Crippen molar-refractivity contribution in [1.29, 1.82) is 0 Å². The minimum Gasteiger partial charge on any atom is -0.490 e. The van der Waals surface area contributed by atoms with Crippen LogP contribution in [0.4, 0.5) is 11.4 Å². The van der Waals surface area contributed by atoms with E-state index in [4.69, 9.17) is 14.5 Å². The molecule has 0 unspecified atom stereocenters. The van der Waals surface area contributed by atoms with Crippen LogP contribution in [0.3, 0.4) is 0 Å². The van der Waals surface area contributed by atoms with Crippen LogP contribution in [0.1, 0.15) is 69.1 Å². The first-order valence-corrected chi connectivity index (χ1v) is 15.2. The quantitative estimate of drug-likeness (QED) is 0.155. The van der Waals surface area contributed by atoms with Gasteiger partial charge in [0, 0.05) is 0 Å². The molecule has 0 bridgehead atoms. The molecule has 4 rings (SSSR count). The second kappa shape index (κ2) is 14.8. The van der Waals surface area contributed by atoms with Gasteiger partial charge < -0.3 is 9.47 Å². The van der Waals surface area contributed by atoms with Gasteiger partial charge in [0.25, 0.3) is 5.91 Å². The lowest BCUT2D eigenvalue weighted by Gasteiger charge is -2.16. The molecular formula is C34H40N2O3S. The third-order valence-electron chi connectivity index (χ3n) is 6.68. The van der Waals surface area contributed by atoms with E-state index >= 15 is 0 Å². The van der Waals surface area contributed by atoms with Crippen LogP contribution >= 0.6 is 11.8 Å². The van der Waals surface area contributed by atoms with Crippen LogP contribution in [0.2, 0.25) is 0 Å². The number of unbranched alkanes of at least 4 members (excludes halogenated alkanes) is 5. The molecule has 0 aliphatic carbocycles. The van der Waals surface area contributed by atoms with Crippen LogP contribution in [0.5, 0.6) is 11.5 Å². The minimum absolute atomic E-state index is 0.0962. The second-order valence-corrected chi connectivity index (χ2v) is 11.1. The molecule has 1 fully saturated rings. The molecular weight excluding hydrogens is 516 g/mol. The summed E-state index contributed by atoms with van der Waals surface area (Å²) in [7, 11) is 0. The van der Waals surface area contributed by atoms with Crippen molar-refractivity contribution in [3.63, 3.8) is 0 Å². The summed E-state index contributed by atoms with van der Waals surface area (Å²) in [6.07, 6.45) is 9.22. The van der Waals surface area contributed by atoms with Crippen LogP contribution < -0.4 is 14.4 Å². The highest BCUT2D eigenvalue weighted by atomic mass is 32.2. The number of aliphatic imine (C=N–C) groups is 1. The fraction of sp³-hybridized carbons (Fsp3) is 0.353. The minimum atomic E-state index is -0.0962. The van der Waals surface area contributed by atoms with Crippen LogP contribution in [-0.4, -0.2) is 24.3 Å². The maximum Gasteiger partial charge on any atom is 0.271 e. The highest BCUT2D eigenvalue weighted by molar-refractivity contribution is 8.19. The average Bonchev–Trinajstić information content (AvgIpc) is 3.25. The van der Waals surface area contributed by atoms with Crippen molar-refractivity contribution in [1.82, 2.24) is 0 Å². The SMILES string of the molecule is CCCCCCCCOc1ccc(/C=C2/SC(=Nc3ccc(C)cc3)N(c3ccc(C)cc3)C2=O)cc1OCC. The first-order chi connectivity index (χ1) is 19.5. The number of rotatable bonds is 13. The van der Waals surface area contributed by atoms with Gasteiger partial charge >= 0.3 is 0 Å². The Morgan fingerprint density at radius 2 is 1.48 bits per heavy atom. The van der Waals surface area contributed by atoms with Crippen LogP contribution in [0, 0.1) is 13.8 Å². The Kier molecular flexibility index (Phi) is 10.9. The number of carbonyl (C=O) groups is 1. The first kappa shape index (κ1) is 29.5. The molecule has 3 aromatic carbocycles. The summed E-state index contributed by atoms with van der Waals surface area (Å²) in [5, 5.41) is 0.632. The molecule has 1 heterocycles. The Morgan fingerprint density at radius 1 is 0.800 bits per heavy atom. The number of amides is 1. The first-order valence-electron chi connectivity index (χ1n) is 14.3. The molecule has 0 atom stereocenters. The third-order valence-corrected chi connectivity index (χ3v) is 7.65. The fourth-order valence-corrected chi connectivity index (χ4v) is 5.42. The average molecular weight is 557 g/mol. The maximum absolute atomic E-state index is 13.7. The number of hydrogen-bond acceptors (Lipinski definition) is 5. The van der Waals surface area contributed by atoms with Gasteiger partial charge in [-0.3, -0.25) is 9.69 Å². The number of ether oxygens (including phenoxy) is 2. The Bertz CT molecular complexity index is 1330. The predicted octanol–water partition coefficient (Wildman–Crippen LogP) is 9.25. The lowest BCUT2D eigenvalue weighted by Crippen LogP contribution is -2.28. The number of hydrogen-bond donors (Lipinski definition) is 0. The van der Waals surface area contributed by atoms with Gasteiger partial charge in [0.05, 0.1) is 29.5 Å². The van der Waals surface area contributed by atoms with Crippen molar-refractivity contribution in [3.8, 4) is 11.5 Å². The molecule has 1 aliphatic heterocycles. The summed E-state index contributed by atoms with van der Waals surface area (Å²) < 4.78 is 12.0. The van der Waals surface area contributed by atoms with E-state index in [1.165, 1.54) is 49.4 Å². The number of carbonyl (C=O) groups excluding carboxylic acids is 1. The smallest absolute Gasteiger partial charge is 0.271 e. The largest absolute Gasteiger partial charge is 0.490 e. The lowest BCUT2D eigenvalue weighted by atomic mass is 10.1. The third kappa shape index (κ3) is 8.01. The van der Waals surface area contributed by atoms with Gasteiger partial charge in [-0.2, -0.15) is 0 Å². The van der Waals surface area contributed by atoms with Crippen LogP contribution in [0.25, 0.3) is 6.08 Å². The number of thioether (sulfide) groups is 1. The normalized spacial score (nSPS) is 15.3. The summed E-state index contributed by atoms with van der Waals surface area (Å²) in [4.78, 5) is 20.8. The zero-order chi connectivity index (χ0) is 28.3. The molecule has 0 spiro atoms. The Balaban J connectivity index is 1.56. The second-order valence-electron chi connectivity index (χ2n) is 10.1. The molecule has 5 nitrogen and oxygen atoms in total. The molecule has 0 saturated carbocycles. The summed E-state index contributed by atoms with van der Waals surface area (Å²) >= 11 is 1.38. The number of amidine groups is 1. The van der Waals surface area contributed by atoms with Crippen molar-refractivity contribution < 1.29 is 14.3 Å². The number of benzene rings is 3. The standard InChI is InChI=1S/C34H40N2O3S/c1-5-7-8-9-10-11-22-39-30-21-16-27(23-31(30)38-6-2)24-32-33(37)36(29-19-14-26(4)15-20-29)34(40-32)35-28-17-12-25(3)13-18-28/h12-21,23-24H,5-11,22H2,1-4H3/b32-24+,35-34?. The van der Waals surface area contributed by atoms with Gasteiger partial charge in [-0.25, -0.2) is 4.99 Å². The fourth-order valence-electron chi connectivity index (χ4n) is 4.42. The zero-order valence-electron chi connectivity index (χ0n) is 24.1. The summed E-state index contributed by atoms with van der Waals surface area (Å²) in [5.41, 5.74) is 4.79. The van der Waals surface area contributed by atoms with E-state index in [9.17, 15) is 4.79 Å². The zero-order valence-corrected chi connectivity index (χ0v) is 24.9. The molecule has 210 valence electrons. The van der Waals surface area contributed by atoms with Crippen molar-refractivity contribution in [2.24, 2.45) is 4.99 Å².